The predicted octanol–water partition coefficient (Wildman–Crippen LogP) is 3.22. The van der Waals surface area contributed by atoms with Crippen molar-refractivity contribution >= 4 is 6.41 Å². The van der Waals surface area contributed by atoms with Crippen molar-refractivity contribution in [3.8, 4) is 23.0 Å². The van der Waals surface area contributed by atoms with Crippen LogP contribution in [0.3, 0.4) is 0 Å². The zero-order valence-corrected chi connectivity index (χ0v) is 16.2. The molecule has 0 saturated heterocycles. The fraction of sp³-hybridized carbons (Fsp3) is 0.381. The van der Waals surface area contributed by atoms with Gasteiger partial charge in [-0.05, 0) is 54.3 Å². The average molecular weight is 371 g/mol. The maximum absolute atomic E-state index is 11.8. The van der Waals surface area contributed by atoms with E-state index in [-0.39, 0.29) is 6.04 Å². The van der Waals surface area contributed by atoms with Crippen LogP contribution < -0.4 is 18.9 Å². The number of carbonyl (C=O) groups is 1. The number of benzene rings is 2. The summed E-state index contributed by atoms with van der Waals surface area (Å²) in [6.07, 6.45) is 1.68. The van der Waals surface area contributed by atoms with Crippen molar-refractivity contribution in [2.75, 3.05) is 34.5 Å². The SMILES string of the molecule is CCOc1ccc2c(c1)CCN(C=O)C2c1cc(OC)c(OC)c(OC)c1. The van der Waals surface area contributed by atoms with Gasteiger partial charge in [0.25, 0.3) is 0 Å². The Morgan fingerprint density at radius 3 is 2.33 bits per heavy atom. The van der Waals surface area contributed by atoms with E-state index in [4.69, 9.17) is 18.9 Å². The van der Waals surface area contributed by atoms with Crippen molar-refractivity contribution in [1.29, 1.82) is 0 Å². The maximum atomic E-state index is 11.8. The van der Waals surface area contributed by atoms with Gasteiger partial charge in [0.05, 0.1) is 34.0 Å². The van der Waals surface area contributed by atoms with Gasteiger partial charge >= 0.3 is 0 Å². The molecular weight excluding hydrogens is 346 g/mol. The van der Waals surface area contributed by atoms with Gasteiger partial charge in [0.2, 0.25) is 12.2 Å². The Labute approximate surface area is 159 Å². The topological polar surface area (TPSA) is 57.2 Å². The largest absolute Gasteiger partial charge is 0.494 e. The molecule has 6 nitrogen and oxygen atoms in total. The van der Waals surface area contributed by atoms with Crippen LogP contribution in [0.2, 0.25) is 0 Å². The Kier molecular flexibility index (Phi) is 5.74. The number of amides is 1. The van der Waals surface area contributed by atoms with Gasteiger partial charge in [-0.3, -0.25) is 4.79 Å². The lowest BCUT2D eigenvalue weighted by Crippen LogP contribution is -2.35. The van der Waals surface area contributed by atoms with Crippen molar-refractivity contribution in [3.05, 3.63) is 47.0 Å². The molecule has 1 amide bonds. The van der Waals surface area contributed by atoms with E-state index in [2.05, 4.69) is 6.07 Å². The van der Waals surface area contributed by atoms with E-state index < -0.39 is 0 Å². The van der Waals surface area contributed by atoms with Crippen LogP contribution in [0.15, 0.2) is 30.3 Å². The predicted molar refractivity (Wildman–Crippen MR) is 102 cm³/mol. The molecule has 1 aliphatic rings. The Hall–Kier alpha value is -2.89. The van der Waals surface area contributed by atoms with Crippen LogP contribution in [-0.4, -0.2) is 45.8 Å². The first-order chi connectivity index (χ1) is 13.2. The number of nitrogens with zero attached hydrogens (tertiary/aromatic N) is 1. The molecular formula is C21H25NO5. The third-order valence-corrected chi connectivity index (χ3v) is 4.83. The maximum Gasteiger partial charge on any atom is 0.210 e. The Balaban J connectivity index is 2.13. The molecule has 0 aromatic heterocycles. The number of hydrogen-bond acceptors (Lipinski definition) is 5. The molecule has 0 spiro atoms. The van der Waals surface area contributed by atoms with Gasteiger partial charge in [0, 0.05) is 6.54 Å². The summed E-state index contributed by atoms with van der Waals surface area (Å²) in [7, 11) is 4.74. The van der Waals surface area contributed by atoms with E-state index in [1.54, 1.807) is 26.2 Å². The highest BCUT2D eigenvalue weighted by atomic mass is 16.5. The van der Waals surface area contributed by atoms with Crippen LogP contribution in [0, 0.1) is 0 Å². The molecule has 1 atom stereocenters. The standard InChI is InChI=1S/C21H25NO5/c1-5-27-16-6-7-17-14(10-16)8-9-22(13-23)20(17)15-11-18(24-2)21(26-4)19(12-15)25-3/h6-7,10-13,20H,5,8-9H2,1-4H3. The molecule has 0 radical (unpaired) electrons. The molecule has 1 heterocycles. The van der Waals surface area contributed by atoms with Crippen LogP contribution in [0.25, 0.3) is 0 Å². The van der Waals surface area contributed by atoms with Crippen molar-refractivity contribution in [3.63, 3.8) is 0 Å². The molecule has 1 unspecified atom stereocenters. The second-order valence-electron chi connectivity index (χ2n) is 6.25. The van der Waals surface area contributed by atoms with Crippen molar-refractivity contribution in [1.82, 2.24) is 4.90 Å². The minimum Gasteiger partial charge on any atom is -0.494 e. The second-order valence-corrected chi connectivity index (χ2v) is 6.25. The molecule has 1 aliphatic heterocycles. The van der Waals surface area contributed by atoms with Gasteiger partial charge in [-0.25, -0.2) is 0 Å². The minimum atomic E-state index is -0.226. The number of carbonyl (C=O) groups excluding carboxylic acids is 1. The van der Waals surface area contributed by atoms with E-state index >= 15 is 0 Å². The molecule has 6 heteroatoms. The second kappa shape index (κ2) is 8.20. The first-order valence-corrected chi connectivity index (χ1v) is 8.93. The average Bonchev–Trinajstić information content (AvgIpc) is 2.71. The Bertz CT molecular complexity index is 795. The van der Waals surface area contributed by atoms with Gasteiger partial charge in [-0.2, -0.15) is 0 Å². The van der Waals surface area contributed by atoms with Crippen LogP contribution in [0.5, 0.6) is 23.0 Å². The third kappa shape index (κ3) is 3.52. The van der Waals surface area contributed by atoms with Crippen LogP contribution in [0.4, 0.5) is 0 Å². The van der Waals surface area contributed by atoms with Crippen LogP contribution >= 0.6 is 0 Å². The normalized spacial score (nSPS) is 15.7. The van der Waals surface area contributed by atoms with Crippen molar-refractivity contribution in [2.24, 2.45) is 0 Å². The number of rotatable bonds is 7. The highest BCUT2D eigenvalue weighted by molar-refractivity contribution is 5.59. The monoisotopic (exact) mass is 371 g/mol. The van der Waals surface area contributed by atoms with Crippen molar-refractivity contribution < 1.29 is 23.7 Å². The summed E-state index contributed by atoms with van der Waals surface area (Å²) in [5, 5.41) is 0. The smallest absolute Gasteiger partial charge is 0.210 e. The Morgan fingerprint density at radius 2 is 1.78 bits per heavy atom. The van der Waals surface area contributed by atoms with E-state index in [9.17, 15) is 4.79 Å². The highest BCUT2D eigenvalue weighted by Gasteiger charge is 2.30. The molecule has 2 aromatic rings. The molecule has 0 N–H and O–H groups in total. The summed E-state index contributed by atoms with van der Waals surface area (Å²) in [6.45, 7) is 3.22. The summed E-state index contributed by atoms with van der Waals surface area (Å²) in [5.74, 6) is 2.51. The van der Waals surface area contributed by atoms with Crippen molar-refractivity contribution in [2.45, 2.75) is 19.4 Å². The van der Waals surface area contributed by atoms with E-state index in [0.29, 0.717) is 30.4 Å². The van der Waals surface area contributed by atoms with E-state index in [1.165, 1.54) is 5.56 Å². The molecule has 27 heavy (non-hydrogen) atoms. The number of fused-ring (bicyclic) bond motifs is 1. The summed E-state index contributed by atoms with van der Waals surface area (Å²) in [6, 6.07) is 9.61. The van der Waals surface area contributed by atoms with Crippen LogP contribution in [-0.2, 0) is 11.2 Å². The highest BCUT2D eigenvalue weighted by Crippen LogP contribution is 2.43. The fourth-order valence-corrected chi connectivity index (χ4v) is 3.62. The first kappa shape index (κ1) is 18.9. The third-order valence-electron chi connectivity index (χ3n) is 4.83. The quantitative estimate of drug-likeness (QED) is 0.700. The molecule has 0 bridgehead atoms. The van der Waals surface area contributed by atoms with E-state index in [0.717, 1.165) is 29.7 Å². The summed E-state index contributed by atoms with van der Waals surface area (Å²) in [5.41, 5.74) is 3.16. The summed E-state index contributed by atoms with van der Waals surface area (Å²) in [4.78, 5) is 13.6. The number of hydrogen-bond donors (Lipinski definition) is 0. The number of ether oxygens (including phenoxy) is 4. The summed E-state index contributed by atoms with van der Waals surface area (Å²) < 4.78 is 22.0. The molecule has 2 aromatic carbocycles. The zero-order valence-electron chi connectivity index (χ0n) is 16.2. The molecule has 3 rings (SSSR count). The van der Waals surface area contributed by atoms with Gasteiger partial charge in [-0.1, -0.05) is 6.07 Å². The number of methoxy groups -OCH3 is 3. The fourth-order valence-electron chi connectivity index (χ4n) is 3.62. The van der Waals surface area contributed by atoms with Gasteiger partial charge in [0.1, 0.15) is 5.75 Å². The van der Waals surface area contributed by atoms with Gasteiger partial charge in [-0.15, -0.1) is 0 Å². The lowest BCUT2D eigenvalue weighted by molar-refractivity contribution is -0.119. The zero-order chi connectivity index (χ0) is 19.4. The van der Waals surface area contributed by atoms with Gasteiger partial charge in [0.15, 0.2) is 11.5 Å². The molecule has 0 saturated carbocycles. The Morgan fingerprint density at radius 1 is 1.07 bits per heavy atom. The lowest BCUT2D eigenvalue weighted by Gasteiger charge is -2.35. The first-order valence-electron chi connectivity index (χ1n) is 8.93. The summed E-state index contributed by atoms with van der Waals surface area (Å²) >= 11 is 0. The lowest BCUT2D eigenvalue weighted by atomic mass is 9.88. The molecule has 0 fully saturated rings. The molecule has 0 aliphatic carbocycles. The molecule has 144 valence electrons. The van der Waals surface area contributed by atoms with Gasteiger partial charge < -0.3 is 23.8 Å². The minimum absolute atomic E-state index is 0.226. The van der Waals surface area contributed by atoms with Crippen LogP contribution in [0.1, 0.15) is 29.7 Å². The van der Waals surface area contributed by atoms with E-state index in [1.807, 2.05) is 31.2 Å².